The van der Waals surface area contributed by atoms with Crippen LogP contribution in [0.2, 0.25) is 0 Å². The standard InChI is InChI=1S/C10H14ClNO/c1-9-4-7-12(10(13)8-9)6-3-2-5-11/h4,7-8H,2-3,5-6H2,1H3. The zero-order chi connectivity index (χ0) is 9.68. The van der Waals surface area contributed by atoms with Crippen LogP contribution in [-0.4, -0.2) is 10.4 Å². The van der Waals surface area contributed by atoms with E-state index in [2.05, 4.69) is 0 Å². The van der Waals surface area contributed by atoms with Gasteiger partial charge >= 0.3 is 0 Å². The van der Waals surface area contributed by atoms with Crippen molar-refractivity contribution in [2.75, 3.05) is 5.88 Å². The topological polar surface area (TPSA) is 22.0 Å². The van der Waals surface area contributed by atoms with Gasteiger partial charge in [-0.25, -0.2) is 0 Å². The lowest BCUT2D eigenvalue weighted by molar-refractivity contribution is 0.614. The fraction of sp³-hybridized carbons (Fsp3) is 0.500. The molecule has 0 N–H and O–H groups in total. The molecular formula is C10H14ClNO. The Labute approximate surface area is 83.2 Å². The number of halogens is 1. The summed E-state index contributed by atoms with van der Waals surface area (Å²) in [5.41, 5.74) is 1.09. The highest BCUT2D eigenvalue weighted by atomic mass is 35.5. The third-order valence-electron chi connectivity index (χ3n) is 1.93. The Morgan fingerprint density at radius 3 is 2.85 bits per heavy atom. The Hall–Kier alpha value is -0.760. The van der Waals surface area contributed by atoms with Gasteiger partial charge in [-0.3, -0.25) is 4.79 Å². The van der Waals surface area contributed by atoms with E-state index in [0.717, 1.165) is 24.9 Å². The van der Waals surface area contributed by atoms with Gasteiger partial charge in [-0.05, 0) is 31.4 Å². The summed E-state index contributed by atoms with van der Waals surface area (Å²) in [5.74, 6) is 0.667. The molecule has 1 heterocycles. The first-order valence-corrected chi connectivity index (χ1v) is 5.00. The molecule has 0 aromatic carbocycles. The Bertz CT molecular complexity index is 319. The molecule has 0 bridgehead atoms. The number of unbranched alkanes of at least 4 members (excludes halogenated alkanes) is 1. The number of rotatable bonds is 4. The van der Waals surface area contributed by atoms with Crippen LogP contribution in [-0.2, 0) is 6.54 Å². The van der Waals surface area contributed by atoms with E-state index in [1.165, 1.54) is 0 Å². The van der Waals surface area contributed by atoms with Gasteiger partial charge in [0.15, 0.2) is 0 Å². The van der Waals surface area contributed by atoms with Crippen LogP contribution in [0.4, 0.5) is 0 Å². The number of aromatic nitrogens is 1. The smallest absolute Gasteiger partial charge is 0.250 e. The molecule has 0 saturated carbocycles. The summed E-state index contributed by atoms with van der Waals surface area (Å²) in [5, 5.41) is 0. The van der Waals surface area contributed by atoms with E-state index in [4.69, 9.17) is 11.6 Å². The van der Waals surface area contributed by atoms with Crippen LogP contribution < -0.4 is 5.56 Å². The molecule has 0 amide bonds. The van der Waals surface area contributed by atoms with E-state index in [1.807, 2.05) is 19.2 Å². The Balaban J connectivity index is 2.62. The molecule has 0 atom stereocenters. The first kappa shape index (κ1) is 10.3. The molecular weight excluding hydrogens is 186 g/mol. The van der Waals surface area contributed by atoms with Crippen molar-refractivity contribution in [1.82, 2.24) is 4.57 Å². The van der Waals surface area contributed by atoms with Crippen molar-refractivity contribution < 1.29 is 0 Å². The molecule has 0 spiro atoms. The Kier molecular flexibility index (Phi) is 4.03. The van der Waals surface area contributed by atoms with Gasteiger partial charge in [-0.2, -0.15) is 0 Å². The van der Waals surface area contributed by atoms with Crippen LogP contribution in [0.5, 0.6) is 0 Å². The molecule has 0 aliphatic carbocycles. The minimum atomic E-state index is 0.0783. The second-order valence-corrected chi connectivity index (χ2v) is 3.51. The second-order valence-electron chi connectivity index (χ2n) is 3.13. The number of alkyl halides is 1. The van der Waals surface area contributed by atoms with Crippen molar-refractivity contribution in [3.05, 3.63) is 34.2 Å². The number of hydrogen-bond donors (Lipinski definition) is 0. The lowest BCUT2D eigenvalue weighted by Crippen LogP contribution is -2.18. The maximum Gasteiger partial charge on any atom is 0.250 e. The summed E-state index contributed by atoms with van der Waals surface area (Å²) in [7, 11) is 0. The zero-order valence-corrected chi connectivity index (χ0v) is 8.55. The molecule has 0 aliphatic heterocycles. The summed E-state index contributed by atoms with van der Waals surface area (Å²) in [4.78, 5) is 11.4. The second kappa shape index (κ2) is 5.07. The third-order valence-corrected chi connectivity index (χ3v) is 2.20. The summed E-state index contributed by atoms with van der Waals surface area (Å²) in [6.45, 7) is 2.69. The average Bonchev–Trinajstić information content (AvgIpc) is 2.09. The predicted octanol–water partition coefficient (Wildman–Crippen LogP) is 2.18. The molecule has 0 unspecified atom stereocenters. The van der Waals surface area contributed by atoms with Crippen molar-refractivity contribution in [3.8, 4) is 0 Å². The lowest BCUT2D eigenvalue weighted by Gasteiger charge is -2.04. The Morgan fingerprint density at radius 1 is 1.46 bits per heavy atom. The van der Waals surface area contributed by atoms with E-state index in [1.54, 1.807) is 10.6 Å². The summed E-state index contributed by atoms with van der Waals surface area (Å²) < 4.78 is 1.72. The lowest BCUT2D eigenvalue weighted by atomic mass is 10.3. The van der Waals surface area contributed by atoms with Gasteiger partial charge in [0.25, 0.3) is 5.56 Å². The first-order chi connectivity index (χ1) is 6.24. The highest BCUT2D eigenvalue weighted by Crippen LogP contribution is 1.96. The average molecular weight is 200 g/mol. The molecule has 0 radical (unpaired) electrons. The van der Waals surface area contributed by atoms with E-state index < -0.39 is 0 Å². The summed E-state index contributed by atoms with van der Waals surface area (Å²) in [6, 6.07) is 3.60. The van der Waals surface area contributed by atoms with Gasteiger partial charge in [-0.1, -0.05) is 0 Å². The van der Waals surface area contributed by atoms with Crippen LogP contribution in [0.15, 0.2) is 23.1 Å². The van der Waals surface area contributed by atoms with Gasteiger partial charge in [0, 0.05) is 24.7 Å². The molecule has 0 saturated heterocycles. The van der Waals surface area contributed by atoms with E-state index in [-0.39, 0.29) is 5.56 Å². The van der Waals surface area contributed by atoms with Crippen LogP contribution >= 0.6 is 11.6 Å². The third kappa shape index (κ3) is 3.23. The molecule has 2 nitrogen and oxygen atoms in total. The molecule has 3 heteroatoms. The number of nitrogens with zero attached hydrogens (tertiary/aromatic N) is 1. The van der Waals surface area contributed by atoms with Crippen molar-refractivity contribution >= 4 is 11.6 Å². The minimum absolute atomic E-state index is 0.0783. The van der Waals surface area contributed by atoms with Crippen LogP contribution in [0.1, 0.15) is 18.4 Å². The van der Waals surface area contributed by atoms with Crippen LogP contribution in [0, 0.1) is 6.92 Å². The van der Waals surface area contributed by atoms with E-state index >= 15 is 0 Å². The number of aryl methyl sites for hydroxylation is 2. The molecule has 13 heavy (non-hydrogen) atoms. The molecule has 1 rings (SSSR count). The maximum absolute atomic E-state index is 11.4. The molecule has 72 valence electrons. The minimum Gasteiger partial charge on any atom is -0.316 e. The Morgan fingerprint density at radius 2 is 2.23 bits per heavy atom. The van der Waals surface area contributed by atoms with Gasteiger partial charge in [0.05, 0.1) is 0 Å². The highest BCUT2D eigenvalue weighted by Gasteiger charge is 1.94. The van der Waals surface area contributed by atoms with Crippen molar-refractivity contribution in [3.63, 3.8) is 0 Å². The normalized spacial score (nSPS) is 10.3. The number of pyridine rings is 1. The fourth-order valence-corrected chi connectivity index (χ4v) is 1.36. The number of hydrogen-bond acceptors (Lipinski definition) is 1. The quantitative estimate of drug-likeness (QED) is 0.538. The van der Waals surface area contributed by atoms with Crippen LogP contribution in [0.3, 0.4) is 0 Å². The zero-order valence-electron chi connectivity index (χ0n) is 7.79. The van der Waals surface area contributed by atoms with Crippen molar-refractivity contribution in [2.45, 2.75) is 26.3 Å². The van der Waals surface area contributed by atoms with E-state index in [9.17, 15) is 4.79 Å². The summed E-state index contributed by atoms with van der Waals surface area (Å²) >= 11 is 5.55. The molecule has 0 aliphatic rings. The van der Waals surface area contributed by atoms with Crippen molar-refractivity contribution in [1.29, 1.82) is 0 Å². The predicted molar refractivity (Wildman–Crippen MR) is 55.4 cm³/mol. The molecule has 1 aromatic heterocycles. The van der Waals surface area contributed by atoms with Gasteiger partial charge in [-0.15, -0.1) is 11.6 Å². The van der Waals surface area contributed by atoms with Gasteiger partial charge in [0.2, 0.25) is 0 Å². The van der Waals surface area contributed by atoms with Gasteiger partial charge < -0.3 is 4.57 Å². The fourth-order valence-electron chi connectivity index (χ4n) is 1.17. The highest BCUT2D eigenvalue weighted by molar-refractivity contribution is 6.17. The molecule has 0 fully saturated rings. The van der Waals surface area contributed by atoms with Gasteiger partial charge in [0.1, 0.15) is 0 Å². The monoisotopic (exact) mass is 199 g/mol. The molecule has 1 aromatic rings. The van der Waals surface area contributed by atoms with Crippen LogP contribution in [0.25, 0.3) is 0 Å². The summed E-state index contributed by atoms with van der Waals surface area (Å²) in [6.07, 6.45) is 3.76. The maximum atomic E-state index is 11.4. The first-order valence-electron chi connectivity index (χ1n) is 4.47. The van der Waals surface area contributed by atoms with Crippen molar-refractivity contribution in [2.24, 2.45) is 0 Å². The van der Waals surface area contributed by atoms with E-state index in [0.29, 0.717) is 5.88 Å². The largest absolute Gasteiger partial charge is 0.316 e. The SMILES string of the molecule is Cc1ccn(CCCCCl)c(=O)c1.